The average Bonchev–Trinajstić information content (AvgIpc) is 3.48. The molecule has 0 radical (unpaired) electrons. The number of oxazole rings is 1. The molecule has 2 aliphatic heterocycles. The van der Waals surface area contributed by atoms with Crippen molar-refractivity contribution in [2.24, 2.45) is 13.0 Å². The van der Waals surface area contributed by atoms with Gasteiger partial charge in [-0.15, -0.1) is 0 Å². The van der Waals surface area contributed by atoms with E-state index in [2.05, 4.69) is 16.7 Å². The Hall–Kier alpha value is -3.48. The summed E-state index contributed by atoms with van der Waals surface area (Å²) in [6.45, 7) is 1.24. The lowest BCUT2D eigenvalue weighted by molar-refractivity contribution is -0.123. The maximum Gasteiger partial charge on any atom is 0.419 e. The third-order valence-electron chi connectivity index (χ3n) is 6.54. The van der Waals surface area contributed by atoms with Gasteiger partial charge in [0.2, 0.25) is 5.91 Å². The van der Waals surface area contributed by atoms with Crippen LogP contribution in [-0.2, 0) is 23.0 Å². The molecule has 1 aromatic heterocycles. The topological polar surface area (TPSA) is 109 Å². The summed E-state index contributed by atoms with van der Waals surface area (Å²) in [5.74, 6) is -0.853. The monoisotopic (exact) mass is 450 g/mol. The predicted octanol–water partition coefficient (Wildman–Crippen LogP) is 1.87. The summed E-state index contributed by atoms with van der Waals surface area (Å²) in [5, 5.41) is 15.5. The minimum absolute atomic E-state index is 0.0618. The fraction of sp³-hybridized carbons (Fsp3) is 0.375. The molecule has 2 fully saturated rings. The Morgan fingerprint density at radius 2 is 2.09 bits per heavy atom. The Bertz CT molecular complexity index is 1310. The highest BCUT2D eigenvalue weighted by molar-refractivity contribution is 5.83. The Kier molecular flexibility index (Phi) is 5.48. The molecule has 3 heterocycles. The van der Waals surface area contributed by atoms with Crippen LogP contribution in [0.4, 0.5) is 4.39 Å². The molecule has 9 heteroatoms. The number of carbonyl (C=O) groups excluding carboxylic acids is 1. The fourth-order valence-electron chi connectivity index (χ4n) is 4.65. The molecule has 2 aliphatic rings. The van der Waals surface area contributed by atoms with E-state index in [4.69, 9.17) is 9.15 Å². The van der Waals surface area contributed by atoms with Crippen LogP contribution in [0.5, 0.6) is 0 Å². The summed E-state index contributed by atoms with van der Waals surface area (Å²) < 4.78 is 26.8. The number of aromatic nitrogens is 1. The number of benzene rings is 2. The summed E-state index contributed by atoms with van der Waals surface area (Å²) in [4.78, 5) is 24.3. The number of carbonyl (C=O) groups is 1. The summed E-state index contributed by atoms with van der Waals surface area (Å²) >= 11 is 0. The van der Waals surface area contributed by atoms with Crippen LogP contribution in [0.3, 0.4) is 0 Å². The van der Waals surface area contributed by atoms with Gasteiger partial charge in [0, 0.05) is 25.4 Å². The Balaban J connectivity index is 1.29. The molecule has 2 saturated heterocycles. The number of ether oxygens (including phenoxy) is 1. The second-order valence-electron chi connectivity index (χ2n) is 8.67. The molecule has 4 atom stereocenters. The smallest absolute Gasteiger partial charge is 0.408 e. The number of nitriles is 1. The lowest BCUT2D eigenvalue weighted by Crippen LogP contribution is -2.47. The van der Waals surface area contributed by atoms with Gasteiger partial charge in [0.15, 0.2) is 5.58 Å². The molecule has 0 spiro atoms. The van der Waals surface area contributed by atoms with Crippen molar-refractivity contribution < 1.29 is 18.3 Å². The highest BCUT2D eigenvalue weighted by Crippen LogP contribution is 2.27. The van der Waals surface area contributed by atoms with Crippen molar-refractivity contribution in [3.05, 3.63) is 58.3 Å². The van der Waals surface area contributed by atoms with E-state index in [1.165, 1.54) is 10.6 Å². The molecule has 4 unspecified atom stereocenters. The van der Waals surface area contributed by atoms with E-state index in [-0.39, 0.29) is 24.4 Å². The molecule has 33 heavy (non-hydrogen) atoms. The molecular weight excluding hydrogens is 427 g/mol. The lowest BCUT2D eigenvalue weighted by Gasteiger charge is -2.17. The van der Waals surface area contributed by atoms with Crippen molar-refractivity contribution >= 4 is 17.0 Å². The van der Waals surface area contributed by atoms with Crippen molar-refractivity contribution in [2.75, 3.05) is 13.2 Å². The minimum Gasteiger partial charge on any atom is -0.408 e. The van der Waals surface area contributed by atoms with Crippen molar-refractivity contribution in [1.82, 2.24) is 15.2 Å². The predicted molar refractivity (Wildman–Crippen MR) is 118 cm³/mol. The molecule has 5 rings (SSSR count). The maximum absolute atomic E-state index is 14.9. The summed E-state index contributed by atoms with van der Waals surface area (Å²) in [5.41, 5.74) is 2.78. The molecule has 170 valence electrons. The van der Waals surface area contributed by atoms with E-state index in [1.54, 1.807) is 37.4 Å². The highest BCUT2D eigenvalue weighted by atomic mass is 19.1. The Labute approximate surface area is 188 Å². The highest BCUT2D eigenvalue weighted by Gasteiger charge is 2.41. The van der Waals surface area contributed by atoms with Crippen LogP contribution < -0.4 is 16.4 Å². The normalized spacial score (nSPS) is 22.8. The van der Waals surface area contributed by atoms with Crippen LogP contribution in [0, 0.1) is 23.1 Å². The molecule has 8 nitrogen and oxygen atoms in total. The molecule has 3 aromatic rings. The number of aryl methyl sites for hydroxylation is 1. The van der Waals surface area contributed by atoms with E-state index in [9.17, 15) is 19.2 Å². The number of hydrogen-bond acceptors (Lipinski definition) is 6. The van der Waals surface area contributed by atoms with Gasteiger partial charge in [0.05, 0.1) is 30.8 Å². The maximum atomic E-state index is 14.9. The van der Waals surface area contributed by atoms with E-state index in [1.807, 2.05) is 0 Å². The van der Waals surface area contributed by atoms with Crippen LogP contribution in [0.25, 0.3) is 22.2 Å². The van der Waals surface area contributed by atoms with Gasteiger partial charge in [-0.05, 0) is 41.3 Å². The van der Waals surface area contributed by atoms with E-state index in [0.29, 0.717) is 47.8 Å². The first-order valence-corrected chi connectivity index (χ1v) is 10.8. The molecule has 0 bridgehead atoms. The zero-order valence-electron chi connectivity index (χ0n) is 18.0. The van der Waals surface area contributed by atoms with Crippen molar-refractivity contribution in [3.8, 4) is 17.2 Å². The molecule has 0 saturated carbocycles. The van der Waals surface area contributed by atoms with Gasteiger partial charge >= 0.3 is 5.76 Å². The molecule has 2 N–H and O–H groups in total. The number of nitrogens with one attached hydrogen (secondary N) is 2. The first-order valence-electron chi connectivity index (χ1n) is 10.8. The number of fused-ring (bicyclic) bond motifs is 2. The van der Waals surface area contributed by atoms with Gasteiger partial charge in [-0.25, -0.2) is 9.18 Å². The zero-order valence-corrected chi connectivity index (χ0v) is 18.0. The van der Waals surface area contributed by atoms with E-state index < -0.39 is 17.6 Å². The van der Waals surface area contributed by atoms with Gasteiger partial charge in [-0.1, -0.05) is 18.2 Å². The number of halogens is 1. The van der Waals surface area contributed by atoms with Crippen molar-refractivity contribution in [2.45, 2.75) is 31.0 Å². The van der Waals surface area contributed by atoms with Gasteiger partial charge < -0.3 is 19.8 Å². The van der Waals surface area contributed by atoms with Crippen LogP contribution in [-0.4, -0.2) is 41.8 Å². The van der Waals surface area contributed by atoms with Gasteiger partial charge in [0.25, 0.3) is 0 Å². The van der Waals surface area contributed by atoms with Crippen molar-refractivity contribution in [3.63, 3.8) is 0 Å². The van der Waals surface area contributed by atoms with E-state index in [0.717, 1.165) is 5.56 Å². The molecule has 0 aliphatic carbocycles. The van der Waals surface area contributed by atoms with Gasteiger partial charge in [-0.3, -0.25) is 9.36 Å². The number of nitrogens with zero attached hydrogens (tertiary/aromatic N) is 2. The largest absolute Gasteiger partial charge is 0.419 e. The third-order valence-corrected chi connectivity index (χ3v) is 6.54. The number of rotatable bonds is 5. The SMILES string of the molecule is Cn1c(=O)oc2ccc(-c3ccc(CC(C#N)NC(=O)C4CC5COCC5N4)c(F)c3)cc21. The van der Waals surface area contributed by atoms with Gasteiger partial charge in [0.1, 0.15) is 11.9 Å². The Morgan fingerprint density at radius 1 is 1.30 bits per heavy atom. The van der Waals surface area contributed by atoms with Crippen LogP contribution in [0.15, 0.2) is 45.6 Å². The minimum atomic E-state index is -0.840. The summed E-state index contributed by atoms with van der Waals surface area (Å²) in [6, 6.07) is 11.0. The van der Waals surface area contributed by atoms with Crippen LogP contribution in [0.2, 0.25) is 0 Å². The number of amides is 1. The number of hydrogen-bond donors (Lipinski definition) is 2. The van der Waals surface area contributed by atoms with Crippen LogP contribution >= 0.6 is 0 Å². The van der Waals surface area contributed by atoms with Crippen molar-refractivity contribution in [1.29, 1.82) is 5.26 Å². The Morgan fingerprint density at radius 3 is 2.85 bits per heavy atom. The second-order valence-corrected chi connectivity index (χ2v) is 8.67. The van der Waals surface area contributed by atoms with Crippen LogP contribution in [0.1, 0.15) is 12.0 Å². The standard InChI is InChI=1S/C24H23FN4O4/c1-29-21-9-14(4-5-22(21)33-24(29)31)13-2-3-15(18(25)7-13)6-17(10-26)27-23(30)19-8-16-11-32-12-20(16)28-19/h2-5,7,9,16-17,19-20,28H,6,8,11-12H2,1H3,(H,27,30). The molecular formula is C24H23FN4O4. The van der Waals surface area contributed by atoms with E-state index >= 15 is 0 Å². The third kappa shape index (κ3) is 4.03. The first-order chi connectivity index (χ1) is 15.9. The lowest BCUT2D eigenvalue weighted by atomic mass is 9.99. The molecule has 1 amide bonds. The average molecular weight is 450 g/mol. The first kappa shape index (κ1) is 21.4. The zero-order chi connectivity index (χ0) is 23.1. The summed E-state index contributed by atoms with van der Waals surface area (Å²) in [7, 11) is 1.61. The quantitative estimate of drug-likeness (QED) is 0.614. The molecule has 2 aromatic carbocycles. The summed E-state index contributed by atoms with van der Waals surface area (Å²) in [6.07, 6.45) is 0.733. The van der Waals surface area contributed by atoms with Gasteiger partial charge in [-0.2, -0.15) is 5.26 Å². The second kappa shape index (κ2) is 8.46. The fourth-order valence-corrected chi connectivity index (χ4v) is 4.65.